The van der Waals surface area contributed by atoms with E-state index in [0.29, 0.717) is 13.0 Å². The second-order valence-electron chi connectivity index (χ2n) is 5.96. The number of hydrogen-bond acceptors (Lipinski definition) is 2. The molecule has 1 amide bonds. The van der Waals surface area contributed by atoms with Crippen molar-refractivity contribution in [2.75, 3.05) is 7.05 Å². The lowest BCUT2D eigenvalue weighted by Crippen LogP contribution is -2.39. The number of aryl methyl sites for hydroxylation is 2. The van der Waals surface area contributed by atoms with E-state index in [4.69, 9.17) is 4.74 Å². The summed E-state index contributed by atoms with van der Waals surface area (Å²) in [4.78, 5) is 14.4. The zero-order valence-corrected chi connectivity index (χ0v) is 14.4. The monoisotopic (exact) mass is 311 g/mol. The molecule has 2 aromatic rings. The van der Waals surface area contributed by atoms with Crippen LogP contribution in [-0.4, -0.2) is 24.0 Å². The van der Waals surface area contributed by atoms with Gasteiger partial charge in [0.1, 0.15) is 5.75 Å². The molecule has 0 saturated heterocycles. The molecule has 0 aliphatic heterocycles. The van der Waals surface area contributed by atoms with Crippen molar-refractivity contribution in [3.8, 4) is 5.75 Å². The molecule has 0 radical (unpaired) electrons. The molecule has 0 aliphatic rings. The first-order valence-corrected chi connectivity index (χ1v) is 8.04. The van der Waals surface area contributed by atoms with Crippen molar-refractivity contribution in [1.29, 1.82) is 0 Å². The molecule has 122 valence electrons. The summed E-state index contributed by atoms with van der Waals surface area (Å²) in [6.07, 6.45) is 0.192. The lowest BCUT2D eigenvalue weighted by atomic mass is 10.1. The van der Waals surface area contributed by atoms with E-state index in [0.717, 1.165) is 16.9 Å². The first-order chi connectivity index (χ1) is 11.0. The van der Waals surface area contributed by atoms with Crippen LogP contribution in [0.15, 0.2) is 48.5 Å². The highest BCUT2D eigenvalue weighted by Crippen LogP contribution is 2.20. The second kappa shape index (κ2) is 7.82. The average Bonchev–Trinajstić information content (AvgIpc) is 2.55. The Morgan fingerprint density at radius 1 is 1.09 bits per heavy atom. The molecule has 0 heterocycles. The first-order valence-electron chi connectivity index (χ1n) is 8.04. The highest BCUT2D eigenvalue weighted by atomic mass is 16.5. The molecule has 0 saturated carbocycles. The van der Waals surface area contributed by atoms with E-state index in [2.05, 4.69) is 31.2 Å². The van der Waals surface area contributed by atoms with Gasteiger partial charge in [0.15, 0.2) is 6.10 Å². The van der Waals surface area contributed by atoms with E-state index >= 15 is 0 Å². The zero-order valence-electron chi connectivity index (χ0n) is 14.4. The molecule has 0 unspecified atom stereocenters. The fraction of sp³-hybridized carbons (Fsp3) is 0.350. The summed E-state index contributed by atoms with van der Waals surface area (Å²) >= 11 is 0. The lowest BCUT2D eigenvalue weighted by Gasteiger charge is -2.24. The van der Waals surface area contributed by atoms with Crippen LogP contribution in [0.5, 0.6) is 5.75 Å². The van der Waals surface area contributed by atoms with Crippen LogP contribution in [0.4, 0.5) is 0 Å². The van der Waals surface area contributed by atoms with E-state index in [9.17, 15) is 4.79 Å². The number of likely N-dealkylation sites (N-methyl/N-ethyl adjacent to an activating group) is 1. The smallest absolute Gasteiger partial charge is 0.263 e. The third-order valence-electron chi connectivity index (χ3n) is 3.93. The molecule has 0 spiro atoms. The molecule has 0 bridgehead atoms. The molecule has 2 rings (SSSR count). The molecule has 0 fully saturated rings. The highest BCUT2D eigenvalue weighted by molar-refractivity contribution is 5.81. The minimum absolute atomic E-state index is 0.0105. The Morgan fingerprint density at radius 3 is 2.35 bits per heavy atom. The van der Waals surface area contributed by atoms with Gasteiger partial charge >= 0.3 is 0 Å². The minimum atomic E-state index is -0.452. The molecule has 1 atom stereocenters. The number of ether oxygens (including phenoxy) is 1. The Hall–Kier alpha value is -2.29. The van der Waals surface area contributed by atoms with Crippen LogP contribution >= 0.6 is 0 Å². The van der Waals surface area contributed by atoms with Gasteiger partial charge in [-0.3, -0.25) is 4.79 Å². The number of rotatable bonds is 6. The number of benzene rings is 2. The summed E-state index contributed by atoms with van der Waals surface area (Å²) in [6, 6.07) is 16.0. The van der Waals surface area contributed by atoms with Gasteiger partial charge in [-0.1, -0.05) is 55.0 Å². The van der Waals surface area contributed by atoms with Crippen molar-refractivity contribution in [2.24, 2.45) is 0 Å². The van der Waals surface area contributed by atoms with E-state index in [1.165, 1.54) is 5.56 Å². The maximum absolute atomic E-state index is 12.7. The van der Waals surface area contributed by atoms with Crippen molar-refractivity contribution in [3.63, 3.8) is 0 Å². The molecule has 23 heavy (non-hydrogen) atoms. The summed E-state index contributed by atoms with van der Waals surface area (Å²) < 4.78 is 5.94. The van der Waals surface area contributed by atoms with Crippen LogP contribution in [0.3, 0.4) is 0 Å². The number of nitrogens with zero attached hydrogens (tertiary/aromatic N) is 1. The average molecular weight is 311 g/mol. The number of carbonyl (C=O) groups is 1. The van der Waals surface area contributed by atoms with E-state index in [1.807, 2.05) is 45.2 Å². The quantitative estimate of drug-likeness (QED) is 0.803. The SMILES string of the molecule is CC[C@H](Oc1ccccc1C)C(=O)N(C)Cc1ccc(C)cc1. The van der Waals surface area contributed by atoms with Crippen molar-refractivity contribution in [3.05, 3.63) is 65.2 Å². The Kier molecular flexibility index (Phi) is 5.80. The largest absolute Gasteiger partial charge is 0.480 e. The van der Waals surface area contributed by atoms with Gasteiger partial charge in [-0.2, -0.15) is 0 Å². The van der Waals surface area contributed by atoms with Gasteiger partial charge in [0.05, 0.1) is 0 Å². The van der Waals surface area contributed by atoms with E-state index in [-0.39, 0.29) is 5.91 Å². The minimum Gasteiger partial charge on any atom is -0.480 e. The van der Waals surface area contributed by atoms with E-state index < -0.39 is 6.10 Å². The van der Waals surface area contributed by atoms with Crippen molar-refractivity contribution < 1.29 is 9.53 Å². The van der Waals surface area contributed by atoms with Crippen LogP contribution in [0.25, 0.3) is 0 Å². The van der Waals surface area contributed by atoms with Crippen molar-refractivity contribution in [1.82, 2.24) is 4.90 Å². The molecule has 3 heteroatoms. The first kappa shape index (κ1) is 17.1. The van der Waals surface area contributed by atoms with E-state index in [1.54, 1.807) is 4.90 Å². The topological polar surface area (TPSA) is 29.5 Å². The molecule has 2 aromatic carbocycles. The fourth-order valence-corrected chi connectivity index (χ4v) is 2.44. The Morgan fingerprint density at radius 2 is 1.74 bits per heavy atom. The summed E-state index contributed by atoms with van der Waals surface area (Å²) in [5.41, 5.74) is 3.38. The van der Waals surface area contributed by atoms with Crippen LogP contribution in [0.2, 0.25) is 0 Å². The Labute approximate surface area is 138 Å². The lowest BCUT2D eigenvalue weighted by molar-refractivity contribution is -0.138. The highest BCUT2D eigenvalue weighted by Gasteiger charge is 2.22. The molecular formula is C20H25NO2. The summed E-state index contributed by atoms with van der Waals surface area (Å²) in [5.74, 6) is 0.785. The second-order valence-corrected chi connectivity index (χ2v) is 5.96. The Bertz CT molecular complexity index is 649. The third kappa shape index (κ3) is 4.59. The van der Waals surface area contributed by atoms with Gasteiger partial charge in [0.25, 0.3) is 5.91 Å². The molecule has 0 aliphatic carbocycles. The van der Waals surface area contributed by atoms with Gasteiger partial charge in [-0.05, 0) is 37.5 Å². The standard InChI is InChI=1S/C20H25NO2/c1-5-18(23-19-9-7-6-8-16(19)3)20(22)21(4)14-17-12-10-15(2)11-13-17/h6-13,18H,5,14H2,1-4H3/t18-/m0/s1. The summed E-state index contributed by atoms with van der Waals surface area (Å²) in [5, 5.41) is 0. The van der Waals surface area contributed by atoms with Crippen molar-refractivity contribution >= 4 is 5.91 Å². The number of para-hydroxylation sites is 1. The Balaban J connectivity index is 2.03. The van der Waals surface area contributed by atoms with Crippen LogP contribution in [-0.2, 0) is 11.3 Å². The number of carbonyl (C=O) groups excluding carboxylic acids is 1. The van der Waals surface area contributed by atoms with Crippen LogP contribution < -0.4 is 4.74 Å². The zero-order chi connectivity index (χ0) is 16.8. The molecule has 0 N–H and O–H groups in total. The maximum atomic E-state index is 12.7. The fourth-order valence-electron chi connectivity index (χ4n) is 2.44. The normalized spacial score (nSPS) is 11.8. The molecule has 0 aromatic heterocycles. The molecule has 3 nitrogen and oxygen atoms in total. The van der Waals surface area contributed by atoms with Crippen molar-refractivity contribution in [2.45, 2.75) is 39.8 Å². The van der Waals surface area contributed by atoms with Gasteiger partial charge in [0, 0.05) is 13.6 Å². The van der Waals surface area contributed by atoms with Gasteiger partial charge in [-0.15, -0.1) is 0 Å². The van der Waals surface area contributed by atoms with Gasteiger partial charge in [0.2, 0.25) is 0 Å². The maximum Gasteiger partial charge on any atom is 0.263 e. The van der Waals surface area contributed by atoms with Crippen LogP contribution in [0, 0.1) is 13.8 Å². The number of hydrogen-bond donors (Lipinski definition) is 0. The summed E-state index contributed by atoms with van der Waals surface area (Å²) in [7, 11) is 1.83. The predicted octanol–water partition coefficient (Wildman–Crippen LogP) is 4.12. The number of amides is 1. The van der Waals surface area contributed by atoms with Gasteiger partial charge < -0.3 is 9.64 Å². The predicted molar refractivity (Wildman–Crippen MR) is 93.5 cm³/mol. The summed E-state index contributed by atoms with van der Waals surface area (Å²) in [6.45, 7) is 6.61. The van der Waals surface area contributed by atoms with Gasteiger partial charge in [-0.25, -0.2) is 0 Å². The van der Waals surface area contributed by atoms with Crippen LogP contribution in [0.1, 0.15) is 30.0 Å². The third-order valence-corrected chi connectivity index (χ3v) is 3.93. The molecular weight excluding hydrogens is 286 g/mol.